The zero-order chi connectivity index (χ0) is 11.0. The van der Waals surface area contributed by atoms with E-state index in [9.17, 15) is 0 Å². The molecule has 1 heteroatoms. The minimum absolute atomic E-state index is 0.863. The van der Waals surface area contributed by atoms with Gasteiger partial charge in [-0.1, -0.05) is 46.5 Å². The molecule has 0 saturated carbocycles. The molecule has 0 aliphatic heterocycles. The first kappa shape index (κ1) is 14.0. The Morgan fingerprint density at radius 2 is 1.43 bits per heavy atom. The molecule has 0 bridgehead atoms. The van der Waals surface area contributed by atoms with Crippen molar-refractivity contribution in [1.29, 1.82) is 0 Å². The van der Waals surface area contributed by atoms with Crippen LogP contribution in [-0.2, 0) is 0 Å². The maximum atomic E-state index is 2.36. The minimum atomic E-state index is 0.863. The van der Waals surface area contributed by atoms with E-state index in [0.29, 0.717) is 0 Å². The highest BCUT2D eigenvalue weighted by molar-refractivity contribution is 4.58. The van der Waals surface area contributed by atoms with Crippen LogP contribution in [0.4, 0.5) is 0 Å². The monoisotopic (exact) mass is 199 g/mol. The largest absolute Gasteiger partial charge is 0.309 e. The fraction of sp³-hybridized carbons (Fsp3) is 1.00. The third kappa shape index (κ3) is 8.55. The Hall–Kier alpha value is -0.0400. The summed E-state index contributed by atoms with van der Waals surface area (Å²) >= 11 is 0. The van der Waals surface area contributed by atoms with Crippen molar-refractivity contribution in [2.45, 2.75) is 52.9 Å². The second kappa shape index (κ2) is 8.28. The molecular weight excluding hydrogens is 170 g/mol. The summed E-state index contributed by atoms with van der Waals surface area (Å²) in [6.45, 7) is 8.26. The molecule has 0 radical (unpaired) electrons. The fourth-order valence-corrected chi connectivity index (χ4v) is 1.90. The predicted octanol–water partition coefficient (Wildman–Crippen LogP) is 3.79. The fourth-order valence-electron chi connectivity index (χ4n) is 1.90. The summed E-state index contributed by atoms with van der Waals surface area (Å²) in [5.41, 5.74) is 0. The van der Waals surface area contributed by atoms with E-state index in [4.69, 9.17) is 0 Å². The van der Waals surface area contributed by atoms with Gasteiger partial charge in [0.05, 0.1) is 0 Å². The van der Waals surface area contributed by atoms with Gasteiger partial charge in [-0.15, -0.1) is 0 Å². The van der Waals surface area contributed by atoms with Gasteiger partial charge in [0.1, 0.15) is 0 Å². The van der Waals surface area contributed by atoms with Crippen molar-refractivity contribution in [2.75, 3.05) is 20.6 Å². The molecule has 0 aromatic rings. The van der Waals surface area contributed by atoms with E-state index >= 15 is 0 Å². The van der Waals surface area contributed by atoms with Crippen molar-refractivity contribution in [3.8, 4) is 0 Å². The average Bonchev–Trinajstić information content (AvgIpc) is 2.10. The molecule has 0 heterocycles. The van der Waals surface area contributed by atoms with Crippen LogP contribution in [-0.4, -0.2) is 25.5 Å². The van der Waals surface area contributed by atoms with E-state index in [0.717, 1.165) is 11.8 Å². The lowest BCUT2D eigenvalue weighted by Crippen LogP contribution is -2.19. The van der Waals surface area contributed by atoms with Crippen LogP contribution >= 0.6 is 0 Å². The molecular formula is C13H29N. The highest BCUT2D eigenvalue weighted by Crippen LogP contribution is 2.15. The van der Waals surface area contributed by atoms with E-state index in [1.165, 1.54) is 38.6 Å². The quantitative estimate of drug-likeness (QED) is 0.538. The Labute approximate surface area is 90.9 Å². The number of hydrogen-bond donors (Lipinski definition) is 0. The molecule has 0 saturated heterocycles. The lowest BCUT2D eigenvalue weighted by molar-refractivity contribution is 0.319. The van der Waals surface area contributed by atoms with E-state index in [2.05, 4.69) is 39.8 Å². The molecule has 2 unspecified atom stereocenters. The van der Waals surface area contributed by atoms with Crippen LogP contribution in [0.25, 0.3) is 0 Å². The molecule has 0 aromatic heterocycles. The molecule has 0 rings (SSSR count). The molecule has 86 valence electrons. The standard InChI is InChI=1S/C13H29N/c1-6-12(2)9-7-8-10-13(3)11-14(4)5/h12-13H,6-11H2,1-5H3. The highest BCUT2D eigenvalue weighted by Gasteiger charge is 2.04. The second-order valence-electron chi connectivity index (χ2n) is 5.17. The third-order valence-electron chi connectivity index (χ3n) is 3.02. The van der Waals surface area contributed by atoms with Crippen LogP contribution in [0.3, 0.4) is 0 Å². The summed E-state index contributed by atoms with van der Waals surface area (Å²) in [6, 6.07) is 0. The molecule has 0 aromatic carbocycles. The smallest absolute Gasteiger partial charge is 0.0000920 e. The summed E-state index contributed by atoms with van der Waals surface area (Å²) in [4.78, 5) is 2.29. The van der Waals surface area contributed by atoms with E-state index in [1.807, 2.05) is 0 Å². The van der Waals surface area contributed by atoms with Gasteiger partial charge in [-0.05, 0) is 32.4 Å². The van der Waals surface area contributed by atoms with Crippen molar-refractivity contribution in [2.24, 2.45) is 11.8 Å². The normalized spacial score (nSPS) is 15.9. The van der Waals surface area contributed by atoms with Gasteiger partial charge in [0, 0.05) is 6.54 Å². The van der Waals surface area contributed by atoms with Gasteiger partial charge < -0.3 is 4.90 Å². The molecule has 1 nitrogen and oxygen atoms in total. The zero-order valence-corrected chi connectivity index (χ0v) is 10.8. The van der Waals surface area contributed by atoms with Crippen molar-refractivity contribution in [1.82, 2.24) is 4.90 Å². The highest BCUT2D eigenvalue weighted by atomic mass is 15.1. The molecule has 0 aliphatic rings. The van der Waals surface area contributed by atoms with Crippen LogP contribution in [0, 0.1) is 11.8 Å². The predicted molar refractivity (Wildman–Crippen MR) is 65.6 cm³/mol. The molecule has 2 atom stereocenters. The van der Waals surface area contributed by atoms with Crippen LogP contribution in [0.5, 0.6) is 0 Å². The van der Waals surface area contributed by atoms with E-state index in [1.54, 1.807) is 0 Å². The number of hydrogen-bond acceptors (Lipinski definition) is 1. The van der Waals surface area contributed by atoms with Gasteiger partial charge in [0.25, 0.3) is 0 Å². The second-order valence-corrected chi connectivity index (χ2v) is 5.17. The SMILES string of the molecule is CCC(C)CCCCC(C)CN(C)C. The summed E-state index contributed by atoms with van der Waals surface area (Å²) in [7, 11) is 4.32. The molecule has 0 amide bonds. The average molecular weight is 199 g/mol. The van der Waals surface area contributed by atoms with Crippen LogP contribution in [0.2, 0.25) is 0 Å². The maximum absolute atomic E-state index is 2.36. The summed E-state index contributed by atoms with van der Waals surface area (Å²) in [5, 5.41) is 0. The zero-order valence-electron chi connectivity index (χ0n) is 10.8. The first-order valence-electron chi connectivity index (χ1n) is 6.21. The lowest BCUT2D eigenvalue weighted by atomic mass is 9.97. The topological polar surface area (TPSA) is 3.24 Å². The number of nitrogens with zero attached hydrogens (tertiary/aromatic N) is 1. The molecule has 0 N–H and O–H groups in total. The maximum Gasteiger partial charge on any atom is 0.0000920 e. The summed E-state index contributed by atoms with van der Waals surface area (Å²) in [6.07, 6.45) is 7.00. The van der Waals surface area contributed by atoms with Crippen molar-refractivity contribution in [3.05, 3.63) is 0 Å². The van der Waals surface area contributed by atoms with E-state index < -0.39 is 0 Å². The van der Waals surface area contributed by atoms with Gasteiger partial charge >= 0.3 is 0 Å². The van der Waals surface area contributed by atoms with Gasteiger partial charge in [-0.25, -0.2) is 0 Å². The van der Waals surface area contributed by atoms with Crippen molar-refractivity contribution < 1.29 is 0 Å². The van der Waals surface area contributed by atoms with Crippen LogP contribution in [0.1, 0.15) is 52.9 Å². The Morgan fingerprint density at radius 3 is 1.86 bits per heavy atom. The Balaban J connectivity index is 3.27. The Morgan fingerprint density at radius 1 is 0.929 bits per heavy atom. The van der Waals surface area contributed by atoms with Crippen LogP contribution in [0.15, 0.2) is 0 Å². The lowest BCUT2D eigenvalue weighted by Gasteiger charge is -2.16. The van der Waals surface area contributed by atoms with Crippen LogP contribution < -0.4 is 0 Å². The number of rotatable bonds is 8. The Bertz CT molecular complexity index is 120. The minimum Gasteiger partial charge on any atom is -0.309 e. The molecule has 0 spiro atoms. The van der Waals surface area contributed by atoms with E-state index in [-0.39, 0.29) is 0 Å². The molecule has 0 aliphatic carbocycles. The Kier molecular flexibility index (Phi) is 8.26. The van der Waals surface area contributed by atoms with Crippen molar-refractivity contribution >= 4 is 0 Å². The third-order valence-corrected chi connectivity index (χ3v) is 3.02. The summed E-state index contributed by atoms with van der Waals surface area (Å²) in [5.74, 6) is 1.79. The first-order valence-corrected chi connectivity index (χ1v) is 6.21. The van der Waals surface area contributed by atoms with Gasteiger partial charge in [-0.2, -0.15) is 0 Å². The first-order chi connectivity index (χ1) is 6.56. The summed E-state index contributed by atoms with van der Waals surface area (Å²) < 4.78 is 0. The molecule has 14 heavy (non-hydrogen) atoms. The van der Waals surface area contributed by atoms with Gasteiger partial charge in [0.2, 0.25) is 0 Å². The number of unbranched alkanes of at least 4 members (excludes halogenated alkanes) is 1. The molecule has 0 fully saturated rings. The van der Waals surface area contributed by atoms with Gasteiger partial charge in [-0.3, -0.25) is 0 Å². The van der Waals surface area contributed by atoms with Gasteiger partial charge in [0.15, 0.2) is 0 Å². The van der Waals surface area contributed by atoms with Crippen molar-refractivity contribution in [3.63, 3.8) is 0 Å².